The molecule has 152 valence electrons. The lowest BCUT2D eigenvalue weighted by Gasteiger charge is -2.23. The number of aliphatic hydroxyl groups is 1. The number of carbonyl (C=O) groups excluding carboxylic acids is 2. The van der Waals surface area contributed by atoms with Crippen LogP contribution in [0.5, 0.6) is 0 Å². The summed E-state index contributed by atoms with van der Waals surface area (Å²) in [6.45, 7) is 1.99. The number of carbonyl (C=O) groups is 2. The summed E-state index contributed by atoms with van der Waals surface area (Å²) in [7, 11) is 0. The minimum Gasteiger partial charge on any atom is -0.507 e. The molecule has 0 bridgehead atoms. The number of hydrogen-bond acceptors (Lipinski definition) is 4. The highest BCUT2D eigenvalue weighted by Crippen LogP contribution is 2.42. The van der Waals surface area contributed by atoms with Crippen LogP contribution in [0.1, 0.15) is 29.9 Å². The second-order valence-electron chi connectivity index (χ2n) is 6.83. The quantitative estimate of drug-likeness (QED) is 0.384. The lowest BCUT2D eigenvalue weighted by Crippen LogP contribution is -2.29. The molecule has 1 aromatic heterocycles. The molecule has 5 nitrogen and oxygen atoms in total. The Morgan fingerprint density at radius 2 is 1.80 bits per heavy atom. The first-order valence-corrected chi connectivity index (χ1v) is 9.31. The molecule has 1 amide bonds. The Balaban J connectivity index is 1.90. The lowest BCUT2D eigenvalue weighted by atomic mass is 9.98. The summed E-state index contributed by atoms with van der Waals surface area (Å²) in [6, 6.07) is 11.8. The molecule has 7 heteroatoms. The number of amides is 1. The fourth-order valence-electron chi connectivity index (χ4n) is 3.50. The molecule has 0 radical (unpaired) electrons. The summed E-state index contributed by atoms with van der Waals surface area (Å²) in [4.78, 5) is 26.7. The summed E-state index contributed by atoms with van der Waals surface area (Å²) in [5, 5.41) is 10.9. The van der Waals surface area contributed by atoms with Crippen molar-refractivity contribution in [3.8, 4) is 0 Å². The van der Waals surface area contributed by atoms with E-state index in [0.29, 0.717) is 5.56 Å². The number of aliphatic hydroxyl groups excluding tert-OH is 1. The van der Waals surface area contributed by atoms with Crippen molar-refractivity contribution in [2.45, 2.75) is 19.4 Å². The van der Waals surface area contributed by atoms with E-state index in [0.717, 1.165) is 29.0 Å². The van der Waals surface area contributed by atoms with Crippen LogP contribution >= 0.6 is 0 Å². The van der Waals surface area contributed by atoms with Gasteiger partial charge in [0.2, 0.25) is 0 Å². The zero-order valence-corrected chi connectivity index (χ0v) is 15.9. The number of halogens is 2. The van der Waals surface area contributed by atoms with Gasteiger partial charge in [-0.15, -0.1) is 0 Å². The molecule has 1 atom stereocenters. The number of aryl methyl sites for hydroxylation is 1. The van der Waals surface area contributed by atoms with Gasteiger partial charge in [-0.25, -0.2) is 8.78 Å². The number of anilines is 1. The van der Waals surface area contributed by atoms with Crippen molar-refractivity contribution in [2.24, 2.45) is 0 Å². The van der Waals surface area contributed by atoms with E-state index in [-0.39, 0.29) is 22.8 Å². The first kappa shape index (κ1) is 19.6. The third-order valence-electron chi connectivity index (χ3n) is 5.07. The number of hydrogen-bond donors (Lipinski definition) is 1. The minimum atomic E-state index is -1.16. The zero-order valence-electron chi connectivity index (χ0n) is 15.9. The maximum absolute atomic E-state index is 13.8. The lowest BCUT2D eigenvalue weighted by molar-refractivity contribution is -0.132. The monoisotopic (exact) mass is 409 g/mol. The number of nitrogens with zero attached hydrogens (tertiary/aromatic N) is 1. The maximum Gasteiger partial charge on any atom is 0.300 e. The van der Waals surface area contributed by atoms with E-state index in [1.807, 2.05) is 19.1 Å². The molecule has 0 saturated carbocycles. The molecule has 30 heavy (non-hydrogen) atoms. The van der Waals surface area contributed by atoms with Crippen LogP contribution in [0.4, 0.5) is 14.5 Å². The van der Waals surface area contributed by atoms with Gasteiger partial charge >= 0.3 is 0 Å². The molecular formula is C23H17F2NO4. The topological polar surface area (TPSA) is 70.8 Å². The average molecular weight is 409 g/mol. The van der Waals surface area contributed by atoms with Gasteiger partial charge < -0.3 is 9.52 Å². The summed E-state index contributed by atoms with van der Waals surface area (Å²) >= 11 is 0. The Morgan fingerprint density at radius 1 is 1.07 bits per heavy atom. The van der Waals surface area contributed by atoms with Crippen molar-refractivity contribution in [1.29, 1.82) is 0 Å². The predicted molar refractivity (Wildman–Crippen MR) is 106 cm³/mol. The molecule has 1 aliphatic heterocycles. The second kappa shape index (κ2) is 7.59. The number of Topliss-reactive ketones (excluding diaryl/α,β-unsaturated/α-hetero) is 1. The molecule has 0 aliphatic carbocycles. The molecule has 3 aromatic rings. The standard InChI is InChI=1S/C23H17F2NO4/c1-2-13-5-7-14(8-6-13)21(27)19-20(18-4-3-11-30-18)26(23(29)22(19)28)15-9-10-16(24)17(25)12-15/h3-12,20,27H,2H2,1H3/b21-19-. The SMILES string of the molecule is CCc1ccc(/C(O)=C2/C(=O)C(=O)N(c3ccc(F)c(F)c3)C2c2ccco2)cc1. The largest absolute Gasteiger partial charge is 0.507 e. The van der Waals surface area contributed by atoms with Gasteiger partial charge in [-0.1, -0.05) is 31.2 Å². The van der Waals surface area contributed by atoms with Crippen LogP contribution in [-0.4, -0.2) is 16.8 Å². The highest BCUT2D eigenvalue weighted by Gasteiger charge is 2.48. The van der Waals surface area contributed by atoms with Crippen molar-refractivity contribution in [2.75, 3.05) is 4.90 Å². The molecule has 1 saturated heterocycles. The number of rotatable bonds is 4. The first-order valence-electron chi connectivity index (χ1n) is 9.31. The minimum absolute atomic E-state index is 0.0298. The van der Waals surface area contributed by atoms with Gasteiger partial charge in [0.15, 0.2) is 11.6 Å². The van der Waals surface area contributed by atoms with Crippen molar-refractivity contribution in [3.05, 3.63) is 95.0 Å². The highest BCUT2D eigenvalue weighted by atomic mass is 19.2. The maximum atomic E-state index is 13.8. The molecule has 4 rings (SSSR count). The normalized spacial score (nSPS) is 18.2. The smallest absolute Gasteiger partial charge is 0.300 e. The van der Waals surface area contributed by atoms with E-state index in [4.69, 9.17) is 4.42 Å². The zero-order chi connectivity index (χ0) is 21.4. The molecule has 2 aromatic carbocycles. The fraction of sp³-hybridized carbons (Fsp3) is 0.130. The van der Waals surface area contributed by atoms with Crippen LogP contribution < -0.4 is 4.90 Å². The molecule has 0 spiro atoms. The van der Waals surface area contributed by atoms with E-state index in [2.05, 4.69) is 0 Å². The fourth-order valence-corrected chi connectivity index (χ4v) is 3.50. The summed E-state index contributed by atoms with van der Waals surface area (Å²) in [5.41, 5.74) is 1.17. The number of furan rings is 1. The van der Waals surface area contributed by atoms with Crippen molar-refractivity contribution in [3.63, 3.8) is 0 Å². The second-order valence-corrected chi connectivity index (χ2v) is 6.83. The Bertz CT molecular complexity index is 1150. The molecule has 2 heterocycles. The average Bonchev–Trinajstić information content (AvgIpc) is 3.37. The first-order chi connectivity index (χ1) is 14.4. The van der Waals surface area contributed by atoms with E-state index >= 15 is 0 Å². The van der Waals surface area contributed by atoms with Crippen LogP contribution in [0, 0.1) is 11.6 Å². The highest BCUT2D eigenvalue weighted by molar-refractivity contribution is 6.51. The molecular weight excluding hydrogens is 392 g/mol. The summed E-state index contributed by atoms with van der Waals surface area (Å²) < 4.78 is 32.7. The Labute approximate surface area is 170 Å². The Hall–Kier alpha value is -3.74. The Morgan fingerprint density at radius 3 is 2.40 bits per heavy atom. The third kappa shape index (κ3) is 3.18. The van der Waals surface area contributed by atoms with Crippen molar-refractivity contribution < 1.29 is 27.9 Å². The molecule has 1 fully saturated rings. The van der Waals surface area contributed by atoms with Gasteiger partial charge in [0.25, 0.3) is 11.7 Å². The Kier molecular flexibility index (Phi) is 4.95. The molecule has 1 aliphatic rings. The van der Waals surface area contributed by atoms with Gasteiger partial charge in [-0.3, -0.25) is 14.5 Å². The van der Waals surface area contributed by atoms with Crippen LogP contribution in [0.25, 0.3) is 5.76 Å². The summed E-state index contributed by atoms with van der Waals surface area (Å²) in [5.74, 6) is -4.34. The number of ketones is 1. The number of benzene rings is 2. The van der Waals surface area contributed by atoms with E-state index in [9.17, 15) is 23.5 Å². The van der Waals surface area contributed by atoms with E-state index in [1.165, 1.54) is 18.4 Å². The van der Waals surface area contributed by atoms with Crippen LogP contribution in [0.15, 0.2) is 70.9 Å². The van der Waals surface area contributed by atoms with Gasteiger partial charge in [-0.2, -0.15) is 0 Å². The van der Waals surface area contributed by atoms with Crippen molar-refractivity contribution >= 4 is 23.1 Å². The van der Waals surface area contributed by atoms with Crippen LogP contribution in [0.2, 0.25) is 0 Å². The van der Waals surface area contributed by atoms with Crippen molar-refractivity contribution in [1.82, 2.24) is 0 Å². The summed E-state index contributed by atoms with van der Waals surface area (Å²) in [6.07, 6.45) is 2.16. The predicted octanol–water partition coefficient (Wildman–Crippen LogP) is 4.75. The van der Waals surface area contributed by atoms with Crippen LogP contribution in [-0.2, 0) is 16.0 Å². The van der Waals surface area contributed by atoms with Gasteiger partial charge in [-0.05, 0) is 36.2 Å². The van der Waals surface area contributed by atoms with Gasteiger partial charge in [0.1, 0.15) is 17.6 Å². The van der Waals surface area contributed by atoms with Crippen LogP contribution in [0.3, 0.4) is 0 Å². The van der Waals surface area contributed by atoms with Gasteiger partial charge in [0, 0.05) is 17.3 Å². The third-order valence-corrected chi connectivity index (χ3v) is 5.07. The molecule has 1 N–H and O–H groups in total. The van der Waals surface area contributed by atoms with E-state index in [1.54, 1.807) is 18.2 Å². The molecule has 1 unspecified atom stereocenters. The van der Waals surface area contributed by atoms with Gasteiger partial charge in [0.05, 0.1) is 11.8 Å². The van der Waals surface area contributed by atoms with E-state index < -0.39 is 29.4 Å².